The van der Waals surface area contributed by atoms with Crippen LogP contribution in [0.5, 0.6) is 5.75 Å². The zero-order valence-electron chi connectivity index (χ0n) is 16.7. The fraction of sp³-hybridized carbons (Fsp3) is 0.474. The fourth-order valence-electron chi connectivity index (χ4n) is 2.34. The van der Waals surface area contributed by atoms with E-state index in [4.69, 9.17) is 20.9 Å². The maximum absolute atomic E-state index is 12.3. The number of nitrogens with one attached hydrogen (secondary N) is 1. The van der Waals surface area contributed by atoms with Gasteiger partial charge in [-0.05, 0) is 18.2 Å². The summed E-state index contributed by atoms with van der Waals surface area (Å²) in [4.78, 5) is 30.2. The molecule has 0 bridgehead atoms. The van der Waals surface area contributed by atoms with Crippen LogP contribution in [-0.2, 0) is 21.4 Å². The number of hydrogen-bond donors (Lipinski definition) is 1. The zero-order chi connectivity index (χ0) is 20.9. The van der Waals surface area contributed by atoms with Crippen LogP contribution in [0.1, 0.15) is 38.9 Å². The molecule has 1 heterocycles. The van der Waals surface area contributed by atoms with Crippen molar-refractivity contribution in [1.82, 2.24) is 15.0 Å². The Morgan fingerprint density at radius 1 is 1.32 bits per heavy atom. The molecule has 0 radical (unpaired) electrons. The molecular formula is C19H25ClN4O4. The number of aryl methyl sites for hydroxylation is 1. The summed E-state index contributed by atoms with van der Waals surface area (Å²) in [5.41, 5.74) is 0.226. The molecule has 0 aliphatic rings. The lowest BCUT2D eigenvalue weighted by Gasteiger charge is -2.17. The summed E-state index contributed by atoms with van der Waals surface area (Å²) in [6.45, 7) is 5.84. The number of aromatic nitrogens is 2. The van der Waals surface area contributed by atoms with Crippen molar-refractivity contribution in [3.63, 3.8) is 0 Å². The minimum Gasteiger partial charge on any atom is -0.495 e. The van der Waals surface area contributed by atoms with Gasteiger partial charge in [0.1, 0.15) is 5.75 Å². The lowest BCUT2D eigenvalue weighted by Crippen LogP contribution is -2.35. The average Bonchev–Trinajstić information content (AvgIpc) is 3.09. The van der Waals surface area contributed by atoms with Gasteiger partial charge >= 0.3 is 0 Å². The third kappa shape index (κ3) is 5.95. The Hall–Kier alpha value is -2.61. The quantitative estimate of drug-likeness (QED) is 0.756. The van der Waals surface area contributed by atoms with Crippen LogP contribution >= 0.6 is 11.6 Å². The number of nitrogens with zero attached hydrogens (tertiary/aromatic N) is 3. The number of rotatable bonds is 7. The van der Waals surface area contributed by atoms with E-state index in [1.807, 2.05) is 20.8 Å². The topological polar surface area (TPSA) is 97.6 Å². The van der Waals surface area contributed by atoms with E-state index in [0.29, 0.717) is 34.6 Å². The van der Waals surface area contributed by atoms with E-state index in [2.05, 4.69) is 15.5 Å². The highest BCUT2D eigenvalue weighted by Gasteiger charge is 2.22. The van der Waals surface area contributed by atoms with Crippen molar-refractivity contribution in [1.29, 1.82) is 0 Å². The van der Waals surface area contributed by atoms with Crippen molar-refractivity contribution < 1.29 is 18.8 Å². The molecular weight excluding hydrogens is 384 g/mol. The number of methoxy groups -OCH3 is 1. The minimum absolute atomic E-state index is 0.106. The molecule has 2 amide bonds. The van der Waals surface area contributed by atoms with Crippen LogP contribution in [0.25, 0.3) is 0 Å². The Bertz CT molecular complexity index is 845. The number of amides is 2. The van der Waals surface area contributed by atoms with Gasteiger partial charge < -0.3 is 19.5 Å². The maximum Gasteiger partial charge on any atom is 0.244 e. The summed E-state index contributed by atoms with van der Waals surface area (Å²) < 4.78 is 10.4. The smallest absolute Gasteiger partial charge is 0.244 e. The molecule has 1 N–H and O–H groups in total. The normalized spacial score (nSPS) is 11.2. The highest BCUT2D eigenvalue weighted by atomic mass is 35.5. The van der Waals surface area contributed by atoms with E-state index >= 15 is 0 Å². The van der Waals surface area contributed by atoms with Crippen molar-refractivity contribution in [2.45, 2.75) is 39.0 Å². The van der Waals surface area contributed by atoms with Crippen LogP contribution in [0.3, 0.4) is 0 Å². The van der Waals surface area contributed by atoms with Gasteiger partial charge in [0.2, 0.25) is 17.7 Å². The van der Waals surface area contributed by atoms with Crippen molar-refractivity contribution in [3.8, 4) is 5.75 Å². The average molecular weight is 409 g/mol. The van der Waals surface area contributed by atoms with Gasteiger partial charge in [-0.25, -0.2) is 0 Å². The van der Waals surface area contributed by atoms with E-state index in [0.717, 1.165) is 0 Å². The molecule has 0 aliphatic carbocycles. The second-order valence-corrected chi connectivity index (χ2v) is 7.84. The summed E-state index contributed by atoms with van der Waals surface area (Å²) in [7, 11) is 3.06. The summed E-state index contributed by atoms with van der Waals surface area (Å²) in [6, 6.07) is 4.90. The van der Waals surface area contributed by atoms with Crippen molar-refractivity contribution in [2.75, 3.05) is 26.0 Å². The molecule has 0 atom stereocenters. The Morgan fingerprint density at radius 2 is 2.04 bits per heavy atom. The second-order valence-electron chi connectivity index (χ2n) is 7.40. The summed E-state index contributed by atoms with van der Waals surface area (Å²) >= 11 is 5.95. The first-order valence-corrected chi connectivity index (χ1v) is 9.18. The van der Waals surface area contributed by atoms with E-state index in [1.165, 1.54) is 12.0 Å². The molecule has 0 spiro atoms. The summed E-state index contributed by atoms with van der Waals surface area (Å²) in [6.07, 6.45) is 0.478. The predicted octanol–water partition coefficient (Wildman–Crippen LogP) is 3.06. The third-order valence-electron chi connectivity index (χ3n) is 3.93. The molecule has 2 rings (SSSR count). The van der Waals surface area contributed by atoms with Crippen LogP contribution in [-0.4, -0.2) is 47.6 Å². The maximum atomic E-state index is 12.3. The Balaban J connectivity index is 1.87. The standard InChI is InChI=1S/C19H25ClN4O4/c1-19(2,3)18-22-16(28-23-18)8-9-17(26)24(4)11-15(25)21-13-10-12(20)6-7-14(13)27-5/h6-7,10H,8-9,11H2,1-5H3,(H,21,25). The van der Waals surface area contributed by atoms with Gasteiger partial charge in [0, 0.05) is 30.3 Å². The van der Waals surface area contributed by atoms with Gasteiger partial charge in [0.05, 0.1) is 19.3 Å². The highest BCUT2D eigenvalue weighted by molar-refractivity contribution is 6.31. The summed E-state index contributed by atoms with van der Waals surface area (Å²) in [5, 5.41) is 7.10. The van der Waals surface area contributed by atoms with Crippen molar-refractivity contribution in [3.05, 3.63) is 34.9 Å². The monoisotopic (exact) mass is 408 g/mol. The van der Waals surface area contributed by atoms with Gasteiger partial charge in [0.15, 0.2) is 5.82 Å². The molecule has 1 aromatic heterocycles. The van der Waals surface area contributed by atoms with Gasteiger partial charge in [-0.1, -0.05) is 37.5 Å². The number of likely N-dealkylation sites (N-methyl/N-ethyl adjacent to an activating group) is 1. The zero-order valence-corrected chi connectivity index (χ0v) is 17.5. The fourth-order valence-corrected chi connectivity index (χ4v) is 2.51. The lowest BCUT2D eigenvalue weighted by atomic mass is 9.96. The predicted molar refractivity (Wildman–Crippen MR) is 106 cm³/mol. The van der Waals surface area contributed by atoms with Crippen molar-refractivity contribution in [2.24, 2.45) is 0 Å². The van der Waals surface area contributed by atoms with Gasteiger partial charge in [0.25, 0.3) is 0 Å². The first-order valence-electron chi connectivity index (χ1n) is 8.80. The Morgan fingerprint density at radius 3 is 2.64 bits per heavy atom. The van der Waals surface area contributed by atoms with Crippen LogP contribution in [0.2, 0.25) is 5.02 Å². The molecule has 8 nitrogen and oxygen atoms in total. The number of hydrogen-bond acceptors (Lipinski definition) is 6. The molecule has 28 heavy (non-hydrogen) atoms. The van der Waals surface area contributed by atoms with E-state index < -0.39 is 0 Å². The van der Waals surface area contributed by atoms with E-state index in [1.54, 1.807) is 25.2 Å². The molecule has 0 saturated heterocycles. The number of anilines is 1. The molecule has 0 saturated carbocycles. The molecule has 1 aromatic carbocycles. The van der Waals surface area contributed by atoms with Crippen molar-refractivity contribution >= 4 is 29.1 Å². The largest absolute Gasteiger partial charge is 0.495 e. The van der Waals surface area contributed by atoms with Gasteiger partial charge in [-0.3, -0.25) is 9.59 Å². The first-order chi connectivity index (χ1) is 13.1. The minimum atomic E-state index is -0.357. The van der Waals surface area contributed by atoms with Gasteiger partial charge in [-0.15, -0.1) is 0 Å². The number of halogens is 1. The number of benzene rings is 1. The first kappa shape index (κ1) is 21.7. The highest BCUT2D eigenvalue weighted by Crippen LogP contribution is 2.27. The molecule has 0 aliphatic heterocycles. The number of ether oxygens (including phenoxy) is 1. The molecule has 0 fully saturated rings. The van der Waals surface area contributed by atoms with Gasteiger partial charge in [-0.2, -0.15) is 4.98 Å². The summed E-state index contributed by atoms with van der Waals surface area (Å²) in [5.74, 6) is 0.920. The number of carbonyl (C=O) groups excluding carboxylic acids is 2. The Kier molecular flexibility index (Phi) is 7.01. The van der Waals surface area contributed by atoms with Crippen LogP contribution in [0, 0.1) is 0 Å². The SMILES string of the molecule is COc1ccc(Cl)cc1NC(=O)CN(C)C(=O)CCc1nc(C(C)(C)C)no1. The second kappa shape index (κ2) is 9.05. The van der Waals surface area contributed by atoms with E-state index in [9.17, 15) is 9.59 Å². The third-order valence-corrected chi connectivity index (χ3v) is 4.17. The van der Waals surface area contributed by atoms with Crippen LogP contribution in [0.4, 0.5) is 5.69 Å². The molecule has 2 aromatic rings. The van der Waals surface area contributed by atoms with E-state index in [-0.39, 0.29) is 30.2 Å². The Labute approximate surface area is 169 Å². The van der Waals surface area contributed by atoms with Crippen LogP contribution in [0.15, 0.2) is 22.7 Å². The molecule has 9 heteroatoms. The number of carbonyl (C=O) groups is 2. The lowest BCUT2D eigenvalue weighted by molar-refractivity contribution is -0.133. The molecule has 0 unspecified atom stereocenters. The molecule has 152 valence electrons. The van der Waals surface area contributed by atoms with Crippen LogP contribution < -0.4 is 10.1 Å².